The Balaban J connectivity index is 1.68. The van der Waals surface area contributed by atoms with E-state index >= 15 is 0 Å². The van der Waals surface area contributed by atoms with Gasteiger partial charge in [-0.05, 0) is 48.6 Å². The molecular weight excluding hydrogens is 325 g/mol. The molecule has 0 fully saturated rings. The highest BCUT2D eigenvalue weighted by atomic mass is 19.4. The molecule has 2 aromatic carbocycles. The van der Waals surface area contributed by atoms with E-state index in [1.54, 1.807) is 6.07 Å². The van der Waals surface area contributed by atoms with E-state index < -0.39 is 11.7 Å². The first-order valence-electron chi connectivity index (χ1n) is 8.49. The maximum absolute atomic E-state index is 12.8. The van der Waals surface area contributed by atoms with Crippen molar-refractivity contribution in [2.24, 2.45) is 7.05 Å². The van der Waals surface area contributed by atoms with Crippen LogP contribution in [0.15, 0.2) is 42.5 Å². The summed E-state index contributed by atoms with van der Waals surface area (Å²) in [4.78, 5) is 4.59. The number of rotatable bonds is 5. The summed E-state index contributed by atoms with van der Waals surface area (Å²) in [6, 6.07) is 11.8. The van der Waals surface area contributed by atoms with Crippen molar-refractivity contribution in [3.05, 3.63) is 65.0 Å². The van der Waals surface area contributed by atoms with Crippen LogP contribution in [-0.4, -0.2) is 9.55 Å². The highest BCUT2D eigenvalue weighted by Gasteiger charge is 2.30. The van der Waals surface area contributed by atoms with Gasteiger partial charge in [-0.25, -0.2) is 4.98 Å². The molecule has 3 rings (SSSR count). The molecule has 0 aliphatic carbocycles. The Morgan fingerprint density at radius 1 is 1.00 bits per heavy atom. The molecule has 0 aliphatic rings. The summed E-state index contributed by atoms with van der Waals surface area (Å²) in [6.45, 7) is 2.08. The molecule has 0 saturated heterocycles. The molecule has 0 bridgehead atoms. The van der Waals surface area contributed by atoms with Crippen molar-refractivity contribution in [2.75, 3.05) is 0 Å². The van der Waals surface area contributed by atoms with Gasteiger partial charge in [-0.15, -0.1) is 0 Å². The minimum atomic E-state index is -4.28. The quantitative estimate of drug-likeness (QED) is 0.610. The van der Waals surface area contributed by atoms with Crippen LogP contribution in [0, 0.1) is 0 Å². The molecule has 0 amide bonds. The van der Waals surface area contributed by atoms with Crippen LogP contribution in [0.5, 0.6) is 0 Å². The predicted octanol–water partition coefficient (Wildman–Crippen LogP) is 5.33. The second-order valence-electron chi connectivity index (χ2n) is 6.32. The normalized spacial score (nSPS) is 12.0. The van der Waals surface area contributed by atoms with Gasteiger partial charge in [0, 0.05) is 13.5 Å². The van der Waals surface area contributed by atoms with Crippen molar-refractivity contribution in [1.82, 2.24) is 9.55 Å². The number of halogens is 3. The minimum absolute atomic E-state index is 0.576. The first-order valence-corrected chi connectivity index (χ1v) is 8.49. The molecule has 5 heteroatoms. The number of hydrogen-bond acceptors (Lipinski definition) is 1. The lowest BCUT2D eigenvalue weighted by Gasteiger charge is -2.09. The monoisotopic (exact) mass is 346 g/mol. The van der Waals surface area contributed by atoms with Crippen LogP contribution < -0.4 is 0 Å². The number of benzene rings is 2. The molecule has 0 unspecified atom stereocenters. The van der Waals surface area contributed by atoms with E-state index in [0.29, 0.717) is 6.42 Å². The summed E-state index contributed by atoms with van der Waals surface area (Å²) in [6.07, 6.45) is -1.12. The Hall–Kier alpha value is -2.30. The zero-order valence-electron chi connectivity index (χ0n) is 14.4. The van der Waals surface area contributed by atoms with Gasteiger partial charge in [0.15, 0.2) is 0 Å². The Labute approximate surface area is 145 Å². The molecular formula is C20H21F3N2. The smallest absolute Gasteiger partial charge is 0.331 e. The summed E-state index contributed by atoms with van der Waals surface area (Å²) < 4.78 is 40.4. The van der Waals surface area contributed by atoms with E-state index in [0.717, 1.165) is 47.8 Å². The zero-order valence-corrected chi connectivity index (χ0v) is 14.4. The molecule has 0 N–H and O–H groups in total. The van der Waals surface area contributed by atoms with Crippen molar-refractivity contribution < 1.29 is 13.2 Å². The van der Waals surface area contributed by atoms with Crippen LogP contribution in [0.25, 0.3) is 11.0 Å². The van der Waals surface area contributed by atoms with E-state index in [4.69, 9.17) is 0 Å². The molecule has 132 valence electrons. The molecule has 0 aliphatic heterocycles. The zero-order chi connectivity index (χ0) is 18.0. The van der Waals surface area contributed by atoms with Crippen LogP contribution in [0.1, 0.15) is 35.9 Å². The Morgan fingerprint density at radius 3 is 2.40 bits per heavy atom. The largest absolute Gasteiger partial charge is 0.416 e. The number of aryl methyl sites for hydroxylation is 4. The first-order chi connectivity index (χ1) is 11.9. The van der Waals surface area contributed by atoms with Gasteiger partial charge in [0.05, 0.1) is 16.6 Å². The summed E-state index contributed by atoms with van der Waals surface area (Å²) >= 11 is 0. The summed E-state index contributed by atoms with van der Waals surface area (Å²) in [5, 5.41) is 0. The fourth-order valence-corrected chi connectivity index (χ4v) is 3.16. The minimum Gasteiger partial charge on any atom is -0.331 e. The van der Waals surface area contributed by atoms with Crippen molar-refractivity contribution in [3.8, 4) is 0 Å². The molecule has 0 saturated carbocycles. The van der Waals surface area contributed by atoms with Crippen molar-refractivity contribution in [2.45, 2.75) is 38.8 Å². The molecule has 0 spiro atoms. The second kappa shape index (κ2) is 6.90. The number of imidazole rings is 1. The lowest BCUT2D eigenvalue weighted by molar-refractivity contribution is -0.137. The van der Waals surface area contributed by atoms with Gasteiger partial charge < -0.3 is 4.57 Å². The van der Waals surface area contributed by atoms with Gasteiger partial charge in [0.2, 0.25) is 0 Å². The van der Waals surface area contributed by atoms with Crippen molar-refractivity contribution in [1.29, 1.82) is 0 Å². The predicted molar refractivity (Wildman–Crippen MR) is 93.6 cm³/mol. The lowest BCUT2D eigenvalue weighted by Crippen LogP contribution is -2.05. The van der Waals surface area contributed by atoms with E-state index in [2.05, 4.69) is 28.6 Å². The third-order valence-electron chi connectivity index (χ3n) is 4.54. The number of aromatic nitrogens is 2. The molecule has 2 nitrogen and oxygen atoms in total. The van der Waals surface area contributed by atoms with Crippen molar-refractivity contribution >= 4 is 11.0 Å². The number of nitrogens with zero attached hydrogens (tertiary/aromatic N) is 2. The average molecular weight is 346 g/mol. The highest BCUT2D eigenvalue weighted by Crippen LogP contribution is 2.29. The highest BCUT2D eigenvalue weighted by molar-refractivity contribution is 5.76. The lowest BCUT2D eigenvalue weighted by atomic mass is 10.0. The summed E-state index contributed by atoms with van der Waals surface area (Å²) in [5.74, 6) is 1.05. The van der Waals surface area contributed by atoms with Crippen LogP contribution in [0.3, 0.4) is 0 Å². The first kappa shape index (κ1) is 17.5. The van der Waals surface area contributed by atoms with Gasteiger partial charge in [-0.3, -0.25) is 0 Å². The number of alkyl halides is 3. The molecule has 25 heavy (non-hydrogen) atoms. The molecule has 3 aromatic rings. The van der Waals surface area contributed by atoms with Crippen LogP contribution >= 0.6 is 0 Å². The fourth-order valence-electron chi connectivity index (χ4n) is 3.16. The molecule has 1 heterocycles. The van der Waals surface area contributed by atoms with E-state index in [1.807, 2.05) is 13.1 Å². The third kappa shape index (κ3) is 3.86. The SMILES string of the molecule is CCc1nc2ccc(CCCc3cccc(C(F)(F)F)c3)cc2n1C. The Morgan fingerprint density at radius 2 is 1.72 bits per heavy atom. The van der Waals surface area contributed by atoms with Gasteiger partial charge >= 0.3 is 6.18 Å². The van der Waals surface area contributed by atoms with Gasteiger partial charge in [-0.1, -0.05) is 31.2 Å². The maximum Gasteiger partial charge on any atom is 0.416 e. The van der Waals surface area contributed by atoms with E-state index in [9.17, 15) is 13.2 Å². The number of hydrogen-bond donors (Lipinski definition) is 0. The van der Waals surface area contributed by atoms with Gasteiger partial charge in [0.25, 0.3) is 0 Å². The van der Waals surface area contributed by atoms with Gasteiger partial charge in [-0.2, -0.15) is 13.2 Å². The van der Waals surface area contributed by atoms with E-state index in [-0.39, 0.29) is 0 Å². The fraction of sp³-hybridized carbons (Fsp3) is 0.350. The van der Waals surface area contributed by atoms with Gasteiger partial charge in [0.1, 0.15) is 5.82 Å². The third-order valence-corrected chi connectivity index (χ3v) is 4.54. The molecule has 0 atom stereocenters. The van der Waals surface area contributed by atoms with Crippen LogP contribution in [0.4, 0.5) is 13.2 Å². The Bertz CT molecular complexity index is 878. The second-order valence-corrected chi connectivity index (χ2v) is 6.32. The standard InChI is InChI=1S/C20H21F3N2/c1-3-19-24-17-11-10-15(13-18(17)25(19)2)7-4-6-14-8-5-9-16(12-14)20(21,22)23/h5,8-13H,3-4,6-7H2,1-2H3. The Kier molecular flexibility index (Phi) is 4.84. The summed E-state index contributed by atoms with van der Waals surface area (Å²) in [7, 11) is 2.01. The topological polar surface area (TPSA) is 17.8 Å². The van der Waals surface area contributed by atoms with Crippen LogP contribution in [0.2, 0.25) is 0 Å². The summed E-state index contributed by atoms with van der Waals surface area (Å²) in [5.41, 5.74) is 3.43. The average Bonchev–Trinajstić information content (AvgIpc) is 2.90. The molecule has 1 aromatic heterocycles. The van der Waals surface area contributed by atoms with Crippen molar-refractivity contribution in [3.63, 3.8) is 0 Å². The van der Waals surface area contributed by atoms with E-state index in [1.165, 1.54) is 17.7 Å². The van der Waals surface area contributed by atoms with Crippen LogP contribution in [-0.2, 0) is 32.5 Å². The number of fused-ring (bicyclic) bond motifs is 1. The maximum atomic E-state index is 12.8. The molecule has 0 radical (unpaired) electrons.